The van der Waals surface area contributed by atoms with Crippen molar-refractivity contribution in [2.75, 3.05) is 13.2 Å². The summed E-state index contributed by atoms with van der Waals surface area (Å²) in [6.45, 7) is 10.4. The van der Waals surface area contributed by atoms with Crippen molar-refractivity contribution >= 4 is 25.1 Å². The van der Waals surface area contributed by atoms with Crippen molar-refractivity contribution in [2.45, 2.75) is 52.2 Å². The molecule has 0 radical (unpaired) electrons. The maximum atomic E-state index is 12.0. The molecule has 0 N–H and O–H groups in total. The number of rotatable bonds is 9. The summed E-state index contributed by atoms with van der Waals surface area (Å²) in [6, 6.07) is 1.09. The number of unbranched alkanes of at least 4 members (excludes halogenated alkanes) is 1. The van der Waals surface area contributed by atoms with E-state index in [1.54, 1.807) is 17.1 Å². The van der Waals surface area contributed by atoms with Gasteiger partial charge in [-0.2, -0.15) is 5.10 Å². The summed E-state index contributed by atoms with van der Waals surface area (Å²) in [5.74, 6) is -0.444. The quantitative estimate of drug-likeness (QED) is 0.393. The molecule has 0 atom stereocenters. The van der Waals surface area contributed by atoms with Crippen LogP contribution >= 0.6 is 0 Å². The van der Waals surface area contributed by atoms with Gasteiger partial charge in [0, 0.05) is 20.9 Å². The van der Waals surface area contributed by atoms with Gasteiger partial charge in [0.2, 0.25) is 5.82 Å². The van der Waals surface area contributed by atoms with Gasteiger partial charge in [-0.15, -0.1) is 0 Å². The van der Waals surface area contributed by atoms with E-state index in [1.165, 1.54) is 0 Å². The summed E-state index contributed by atoms with van der Waals surface area (Å²) < 4.78 is 12.5. The Morgan fingerprint density at radius 1 is 1.25 bits per heavy atom. The molecule has 0 aliphatic carbocycles. The zero-order chi connectivity index (χ0) is 17.6. The molecule has 8 heteroatoms. The number of aromatic nitrogens is 4. The number of hydrogen-bond donors (Lipinski definition) is 0. The Morgan fingerprint density at radius 2 is 2.04 bits per heavy atom. The van der Waals surface area contributed by atoms with Crippen molar-refractivity contribution in [2.24, 2.45) is 0 Å². The number of esters is 1. The third kappa shape index (κ3) is 5.38. The van der Waals surface area contributed by atoms with Crippen molar-refractivity contribution in [3.05, 3.63) is 18.2 Å². The van der Waals surface area contributed by atoms with E-state index < -0.39 is 14.0 Å². The lowest BCUT2D eigenvalue weighted by Gasteiger charge is -2.15. The van der Waals surface area contributed by atoms with Gasteiger partial charge in [-0.3, -0.25) is 0 Å². The number of carbonyl (C=O) groups is 1. The van der Waals surface area contributed by atoms with Gasteiger partial charge in [0.1, 0.15) is 6.73 Å². The molecule has 0 aliphatic heterocycles. The molecule has 0 bridgehead atoms. The van der Waals surface area contributed by atoms with Gasteiger partial charge >= 0.3 is 5.97 Å². The lowest BCUT2D eigenvalue weighted by atomic mass is 10.4. The third-order valence-corrected chi connectivity index (χ3v) is 5.20. The largest absolute Gasteiger partial charge is 0.460 e. The zero-order valence-electron chi connectivity index (χ0n) is 14.9. The molecule has 0 unspecified atom stereocenters. The van der Waals surface area contributed by atoms with Crippen LogP contribution in [0.3, 0.4) is 0 Å². The van der Waals surface area contributed by atoms with Crippen molar-refractivity contribution in [1.29, 1.82) is 0 Å². The summed E-state index contributed by atoms with van der Waals surface area (Å²) in [5.41, 5.74) is 0.584. The number of nitrogens with zero attached hydrogens (tertiary/aromatic N) is 4. The van der Waals surface area contributed by atoms with Crippen molar-refractivity contribution in [1.82, 2.24) is 19.7 Å². The molecule has 24 heavy (non-hydrogen) atoms. The first kappa shape index (κ1) is 18.5. The smallest absolute Gasteiger partial charge is 0.376 e. The molecule has 0 spiro atoms. The molecular weight excluding hydrogens is 324 g/mol. The van der Waals surface area contributed by atoms with E-state index in [1.807, 2.05) is 6.92 Å². The van der Waals surface area contributed by atoms with E-state index in [2.05, 4.69) is 34.7 Å². The average molecular weight is 350 g/mol. The van der Waals surface area contributed by atoms with Crippen LogP contribution in [0.1, 0.15) is 30.4 Å². The van der Waals surface area contributed by atoms with Crippen LogP contribution in [0.2, 0.25) is 25.7 Å². The molecule has 0 amide bonds. The zero-order valence-corrected chi connectivity index (χ0v) is 15.9. The molecular formula is C16H26N4O3Si. The molecule has 0 aromatic carbocycles. The molecule has 2 aromatic heterocycles. The van der Waals surface area contributed by atoms with Crippen LogP contribution in [-0.2, 0) is 16.2 Å². The normalized spacial score (nSPS) is 11.8. The Kier molecular flexibility index (Phi) is 6.44. The second-order valence-electron chi connectivity index (χ2n) is 6.95. The fourth-order valence-electron chi connectivity index (χ4n) is 1.96. The topological polar surface area (TPSA) is 79.1 Å². The lowest BCUT2D eigenvalue weighted by Crippen LogP contribution is -2.22. The molecule has 0 aliphatic rings. The van der Waals surface area contributed by atoms with Crippen molar-refractivity contribution < 1.29 is 14.3 Å². The van der Waals surface area contributed by atoms with E-state index in [0.29, 0.717) is 25.6 Å². The molecule has 7 nitrogen and oxygen atoms in total. The highest BCUT2D eigenvalue weighted by Crippen LogP contribution is 2.12. The fourth-order valence-corrected chi connectivity index (χ4v) is 2.72. The van der Waals surface area contributed by atoms with E-state index in [9.17, 15) is 4.79 Å². The molecule has 2 heterocycles. The second kappa shape index (κ2) is 8.34. The highest BCUT2D eigenvalue weighted by atomic mass is 28.3. The standard InChI is InChI=1S/C16H26N4O3Si/c1-5-6-7-23-16(21)14-17-10-13-11-18-20(15(13)19-14)12-22-8-9-24(2,3)4/h10-11H,5-9,12H2,1-4H3. The maximum absolute atomic E-state index is 12.0. The Morgan fingerprint density at radius 3 is 2.75 bits per heavy atom. The van der Waals surface area contributed by atoms with Crippen LogP contribution in [0.4, 0.5) is 0 Å². The minimum atomic E-state index is -1.11. The first-order valence-corrected chi connectivity index (χ1v) is 12.0. The van der Waals surface area contributed by atoms with Crippen LogP contribution in [0.25, 0.3) is 11.0 Å². The fraction of sp³-hybridized carbons (Fsp3) is 0.625. The summed E-state index contributed by atoms with van der Waals surface area (Å²) in [4.78, 5) is 20.3. The molecule has 0 saturated heterocycles. The van der Waals surface area contributed by atoms with E-state index in [4.69, 9.17) is 9.47 Å². The minimum Gasteiger partial charge on any atom is -0.460 e. The summed E-state index contributed by atoms with van der Waals surface area (Å²) in [7, 11) is -1.11. The second-order valence-corrected chi connectivity index (χ2v) is 12.6. The predicted octanol–water partition coefficient (Wildman–Crippen LogP) is 3.10. The van der Waals surface area contributed by atoms with Crippen LogP contribution in [0, 0.1) is 0 Å². The summed E-state index contributed by atoms with van der Waals surface area (Å²) in [6.07, 6.45) is 5.05. The average Bonchev–Trinajstić information content (AvgIpc) is 2.93. The molecule has 2 rings (SSSR count). The lowest BCUT2D eigenvalue weighted by molar-refractivity contribution is 0.0485. The van der Waals surface area contributed by atoms with Gasteiger partial charge in [-0.1, -0.05) is 33.0 Å². The molecule has 132 valence electrons. The van der Waals surface area contributed by atoms with E-state index >= 15 is 0 Å². The van der Waals surface area contributed by atoms with Gasteiger partial charge in [0.05, 0.1) is 18.2 Å². The van der Waals surface area contributed by atoms with Crippen molar-refractivity contribution in [3.63, 3.8) is 0 Å². The number of ether oxygens (including phenoxy) is 2. The number of fused-ring (bicyclic) bond motifs is 1. The number of hydrogen-bond acceptors (Lipinski definition) is 6. The van der Waals surface area contributed by atoms with Crippen LogP contribution < -0.4 is 0 Å². The Hall–Kier alpha value is -1.80. The third-order valence-electron chi connectivity index (χ3n) is 3.50. The van der Waals surface area contributed by atoms with E-state index in [0.717, 1.165) is 24.3 Å². The first-order valence-electron chi connectivity index (χ1n) is 8.34. The Labute approximate surface area is 143 Å². The van der Waals surface area contributed by atoms with Gasteiger partial charge in [0.15, 0.2) is 5.65 Å². The van der Waals surface area contributed by atoms with Crippen LogP contribution in [0.15, 0.2) is 12.4 Å². The molecule has 0 saturated carbocycles. The minimum absolute atomic E-state index is 0.0578. The first-order chi connectivity index (χ1) is 11.4. The van der Waals surface area contributed by atoms with Crippen LogP contribution in [0.5, 0.6) is 0 Å². The highest BCUT2D eigenvalue weighted by Gasteiger charge is 2.15. The SMILES string of the molecule is CCCCOC(=O)c1ncc2cnn(COCC[Si](C)(C)C)c2n1. The van der Waals surface area contributed by atoms with Gasteiger partial charge in [-0.25, -0.2) is 19.4 Å². The van der Waals surface area contributed by atoms with Crippen molar-refractivity contribution in [3.8, 4) is 0 Å². The highest BCUT2D eigenvalue weighted by molar-refractivity contribution is 6.76. The monoisotopic (exact) mass is 350 g/mol. The maximum Gasteiger partial charge on any atom is 0.376 e. The summed E-state index contributed by atoms with van der Waals surface area (Å²) >= 11 is 0. The van der Waals surface area contributed by atoms with Crippen LogP contribution in [-0.4, -0.2) is 47.0 Å². The summed E-state index contributed by atoms with van der Waals surface area (Å²) in [5, 5.41) is 5.03. The predicted molar refractivity (Wildman–Crippen MR) is 94.6 cm³/mol. The number of carbonyl (C=O) groups excluding carboxylic acids is 1. The molecule has 0 fully saturated rings. The van der Waals surface area contributed by atoms with Gasteiger partial charge in [-0.05, 0) is 12.5 Å². The molecule has 2 aromatic rings. The Balaban J connectivity index is 2.01. The van der Waals surface area contributed by atoms with Gasteiger partial charge in [0.25, 0.3) is 0 Å². The Bertz CT molecular complexity index is 682. The van der Waals surface area contributed by atoms with E-state index in [-0.39, 0.29) is 5.82 Å². The van der Waals surface area contributed by atoms with Gasteiger partial charge < -0.3 is 9.47 Å².